The zero-order valence-electron chi connectivity index (χ0n) is 15.9. The van der Waals surface area contributed by atoms with Gasteiger partial charge in [-0.3, -0.25) is 4.79 Å². The van der Waals surface area contributed by atoms with Crippen molar-refractivity contribution < 1.29 is 23.4 Å². The minimum absolute atomic E-state index is 0.210. The molecule has 2 aromatic carbocycles. The molecular weight excluding hydrogens is 362 g/mol. The Morgan fingerprint density at radius 2 is 1.82 bits per heavy atom. The summed E-state index contributed by atoms with van der Waals surface area (Å²) < 4.78 is 21.2. The van der Waals surface area contributed by atoms with Crippen LogP contribution in [0.15, 0.2) is 51.7 Å². The van der Waals surface area contributed by atoms with Crippen LogP contribution >= 0.6 is 0 Å². The number of carbonyl (C=O) groups is 1. The predicted octanol–water partition coefficient (Wildman–Crippen LogP) is 3.39. The average Bonchev–Trinajstić information content (AvgIpc) is 2.71. The number of rotatable bonds is 7. The van der Waals surface area contributed by atoms with E-state index in [4.69, 9.17) is 18.6 Å². The SMILES string of the molecule is CCc1cc(=O)oc2cc(OCC(=O)Nc3ccc(OC)cc3OC)ccc12. The Balaban J connectivity index is 1.70. The lowest BCUT2D eigenvalue weighted by atomic mass is 10.1. The lowest BCUT2D eigenvalue weighted by Crippen LogP contribution is -2.20. The molecule has 0 bridgehead atoms. The summed E-state index contributed by atoms with van der Waals surface area (Å²) >= 11 is 0. The minimum atomic E-state index is -0.411. The largest absolute Gasteiger partial charge is 0.497 e. The van der Waals surface area contributed by atoms with Gasteiger partial charge in [-0.25, -0.2) is 4.79 Å². The third-order valence-corrected chi connectivity index (χ3v) is 4.24. The van der Waals surface area contributed by atoms with E-state index in [0.717, 1.165) is 10.9 Å². The van der Waals surface area contributed by atoms with Crippen LogP contribution in [0.25, 0.3) is 11.0 Å². The molecule has 7 heteroatoms. The smallest absolute Gasteiger partial charge is 0.336 e. The fourth-order valence-electron chi connectivity index (χ4n) is 2.83. The lowest BCUT2D eigenvalue weighted by Gasteiger charge is -2.12. The second kappa shape index (κ2) is 8.47. The van der Waals surface area contributed by atoms with E-state index in [1.807, 2.05) is 13.0 Å². The fraction of sp³-hybridized carbons (Fsp3) is 0.238. The van der Waals surface area contributed by atoms with Gasteiger partial charge in [-0.1, -0.05) is 6.92 Å². The van der Waals surface area contributed by atoms with Gasteiger partial charge in [-0.15, -0.1) is 0 Å². The van der Waals surface area contributed by atoms with Crippen molar-refractivity contribution in [1.82, 2.24) is 0 Å². The van der Waals surface area contributed by atoms with Gasteiger partial charge in [0.1, 0.15) is 22.8 Å². The van der Waals surface area contributed by atoms with Crippen LogP contribution in [-0.4, -0.2) is 26.7 Å². The molecule has 0 aliphatic heterocycles. The number of benzene rings is 2. The summed E-state index contributed by atoms with van der Waals surface area (Å²) in [5.74, 6) is 1.18. The van der Waals surface area contributed by atoms with E-state index in [2.05, 4.69) is 5.32 Å². The molecule has 1 aromatic heterocycles. The average molecular weight is 383 g/mol. The summed E-state index contributed by atoms with van der Waals surface area (Å²) in [5.41, 5.74) is 1.43. The van der Waals surface area contributed by atoms with E-state index < -0.39 is 5.63 Å². The fourth-order valence-corrected chi connectivity index (χ4v) is 2.83. The van der Waals surface area contributed by atoms with Gasteiger partial charge in [-0.05, 0) is 36.2 Å². The van der Waals surface area contributed by atoms with Crippen molar-refractivity contribution in [2.75, 3.05) is 26.1 Å². The van der Waals surface area contributed by atoms with E-state index in [9.17, 15) is 9.59 Å². The van der Waals surface area contributed by atoms with Gasteiger partial charge in [-0.2, -0.15) is 0 Å². The van der Waals surface area contributed by atoms with Crippen LogP contribution in [0.4, 0.5) is 5.69 Å². The number of fused-ring (bicyclic) bond motifs is 1. The van der Waals surface area contributed by atoms with Gasteiger partial charge < -0.3 is 23.9 Å². The van der Waals surface area contributed by atoms with E-state index in [1.165, 1.54) is 13.2 Å². The Morgan fingerprint density at radius 3 is 2.54 bits per heavy atom. The predicted molar refractivity (Wildman–Crippen MR) is 106 cm³/mol. The van der Waals surface area contributed by atoms with Crippen LogP contribution in [0.2, 0.25) is 0 Å². The number of aryl methyl sites for hydroxylation is 1. The first-order chi connectivity index (χ1) is 13.5. The number of carbonyl (C=O) groups excluding carboxylic acids is 1. The molecule has 0 radical (unpaired) electrons. The lowest BCUT2D eigenvalue weighted by molar-refractivity contribution is -0.118. The van der Waals surface area contributed by atoms with E-state index >= 15 is 0 Å². The highest BCUT2D eigenvalue weighted by Gasteiger charge is 2.11. The van der Waals surface area contributed by atoms with Crippen LogP contribution in [0.3, 0.4) is 0 Å². The van der Waals surface area contributed by atoms with Gasteiger partial charge >= 0.3 is 5.63 Å². The molecule has 3 rings (SSSR count). The molecule has 28 heavy (non-hydrogen) atoms. The third-order valence-electron chi connectivity index (χ3n) is 4.24. The maximum Gasteiger partial charge on any atom is 0.336 e. The van der Waals surface area contributed by atoms with Crippen LogP contribution in [-0.2, 0) is 11.2 Å². The van der Waals surface area contributed by atoms with Crippen molar-refractivity contribution in [3.63, 3.8) is 0 Å². The molecule has 146 valence electrons. The van der Waals surface area contributed by atoms with E-state index in [-0.39, 0.29) is 12.5 Å². The summed E-state index contributed by atoms with van der Waals surface area (Å²) in [6.45, 7) is 1.76. The molecule has 7 nitrogen and oxygen atoms in total. The maximum absolute atomic E-state index is 12.2. The molecule has 0 atom stereocenters. The van der Waals surface area contributed by atoms with Crippen LogP contribution in [0.5, 0.6) is 17.2 Å². The number of amides is 1. The molecule has 0 unspecified atom stereocenters. The molecule has 1 N–H and O–H groups in total. The van der Waals surface area contributed by atoms with Crippen molar-refractivity contribution in [3.8, 4) is 17.2 Å². The maximum atomic E-state index is 12.2. The zero-order valence-corrected chi connectivity index (χ0v) is 15.9. The van der Waals surface area contributed by atoms with Crippen molar-refractivity contribution in [2.45, 2.75) is 13.3 Å². The zero-order chi connectivity index (χ0) is 20.1. The summed E-state index contributed by atoms with van der Waals surface area (Å²) in [5, 5.41) is 3.58. The van der Waals surface area contributed by atoms with Crippen molar-refractivity contribution in [1.29, 1.82) is 0 Å². The van der Waals surface area contributed by atoms with Crippen LogP contribution in [0, 0.1) is 0 Å². The van der Waals surface area contributed by atoms with Crippen molar-refractivity contribution >= 4 is 22.6 Å². The van der Waals surface area contributed by atoms with E-state index in [0.29, 0.717) is 34.9 Å². The normalized spacial score (nSPS) is 10.5. The number of ether oxygens (including phenoxy) is 3. The third kappa shape index (κ3) is 4.25. The quantitative estimate of drug-likeness (QED) is 0.630. The first-order valence-electron chi connectivity index (χ1n) is 8.75. The Bertz CT molecular complexity index is 1060. The molecule has 0 aliphatic rings. The van der Waals surface area contributed by atoms with Gasteiger partial charge in [0.2, 0.25) is 0 Å². The minimum Gasteiger partial charge on any atom is -0.497 e. The van der Waals surface area contributed by atoms with Gasteiger partial charge in [0.25, 0.3) is 5.91 Å². The van der Waals surface area contributed by atoms with Crippen LogP contribution in [0.1, 0.15) is 12.5 Å². The topological polar surface area (TPSA) is 87.0 Å². The first kappa shape index (κ1) is 19.3. The monoisotopic (exact) mass is 383 g/mol. The molecule has 1 amide bonds. The molecule has 0 saturated heterocycles. The standard InChI is InChI=1S/C21H21NO6/c1-4-13-9-21(24)28-18-11-15(5-7-16(13)18)27-12-20(23)22-17-8-6-14(25-2)10-19(17)26-3/h5-11H,4,12H2,1-3H3,(H,22,23). The Kier molecular flexibility index (Phi) is 5.84. The number of nitrogens with one attached hydrogen (secondary N) is 1. The number of anilines is 1. The second-order valence-corrected chi connectivity index (χ2v) is 6.01. The van der Waals surface area contributed by atoms with Crippen molar-refractivity contribution in [3.05, 3.63) is 58.4 Å². The summed E-state index contributed by atoms with van der Waals surface area (Å²) in [7, 11) is 3.06. The highest BCUT2D eigenvalue weighted by atomic mass is 16.5. The molecule has 0 aliphatic carbocycles. The molecule has 0 fully saturated rings. The molecule has 0 spiro atoms. The van der Waals surface area contributed by atoms with Crippen molar-refractivity contribution in [2.24, 2.45) is 0 Å². The summed E-state index contributed by atoms with van der Waals surface area (Å²) in [4.78, 5) is 23.9. The van der Waals surface area contributed by atoms with Gasteiger partial charge in [0, 0.05) is 23.6 Å². The Labute approximate surface area is 161 Å². The second-order valence-electron chi connectivity index (χ2n) is 6.01. The molecule has 0 saturated carbocycles. The van der Waals surface area contributed by atoms with Gasteiger partial charge in [0.05, 0.1) is 19.9 Å². The highest BCUT2D eigenvalue weighted by molar-refractivity contribution is 5.93. The Hall–Kier alpha value is -3.48. The first-order valence-corrected chi connectivity index (χ1v) is 8.75. The number of hydrogen-bond donors (Lipinski definition) is 1. The molecule has 3 aromatic rings. The van der Waals surface area contributed by atoms with E-state index in [1.54, 1.807) is 37.4 Å². The van der Waals surface area contributed by atoms with Crippen LogP contribution < -0.4 is 25.2 Å². The molecular formula is C21H21NO6. The number of methoxy groups -OCH3 is 2. The summed E-state index contributed by atoms with van der Waals surface area (Å²) in [6, 6.07) is 11.7. The Morgan fingerprint density at radius 1 is 1.04 bits per heavy atom. The number of hydrogen-bond acceptors (Lipinski definition) is 6. The summed E-state index contributed by atoms with van der Waals surface area (Å²) in [6.07, 6.45) is 0.717. The molecule has 1 heterocycles. The van der Waals surface area contributed by atoms with Gasteiger partial charge in [0.15, 0.2) is 6.61 Å². The highest BCUT2D eigenvalue weighted by Crippen LogP contribution is 2.29.